The molecule has 0 radical (unpaired) electrons. The van der Waals surface area contributed by atoms with E-state index in [1.807, 2.05) is 36.4 Å². The number of ether oxygens (including phenoxy) is 2. The van der Waals surface area contributed by atoms with E-state index in [0.717, 1.165) is 15.8 Å². The molecule has 2 amide bonds. The number of hydrogen-bond donors (Lipinski definition) is 2. The summed E-state index contributed by atoms with van der Waals surface area (Å²) in [4.78, 5) is 24.2. The Morgan fingerprint density at radius 1 is 0.931 bits per heavy atom. The van der Waals surface area contributed by atoms with Crippen LogP contribution in [0.1, 0.15) is 16.1 Å². The number of halogens is 1. The van der Waals surface area contributed by atoms with E-state index in [2.05, 4.69) is 26.6 Å². The summed E-state index contributed by atoms with van der Waals surface area (Å²) in [6, 6.07) is 16.3. The van der Waals surface area contributed by atoms with Gasteiger partial charge in [-0.1, -0.05) is 28.1 Å². The number of amides is 2. The maximum absolute atomic E-state index is 12.2. The van der Waals surface area contributed by atoms with Crippen LogP contribution >= 0.6 is 15.9 Å². The first-order valence-corrected chi connectivity index (χ1v) is 9.67. The van der Waals surface area contributed by atoms with Gasteiger partial charge in [-0.15, -0.1) is 0 Å². The van der Waals surface area contributed by atoms with Crippen molar-refractivity contribution in [2.45, 2.75) is 6.54 Å². The Morgan fingerprint density at radius 2 is 1.72 bits per heavy atom. The Balaban J connectivity index is 1.26. The van der Waals surface area contributed by atoms with Gasteiger partial charge in [0.2, 0.25) is 12.7 Å². The van der Waals surface area contributed by atoms with Crippen molar-refractivity contribution < 1.29 is 23.5 Å². The fourth-order valence-corrected chi connectivity index (χ4v) is 3.06. The van der Waals surface area contributed by atoms with Gasteiger partial charge in [0.1, 0.15) is 11.5 Å². The molecule has 29 heavy (non-hydrogen) atoms. The quantitative estimate of drug-likeness (QED) is 0.592. The van der Waals surface area contributed by atoms with E-state index in [1.54, 1.807) is 18.2 Å². The molecule has 2 heterocycles. The zero-order valence-electron chi connectivity index (χ0n) is 15.2. The normalized spacial score (nSPS) is 11.9. The molecule has 0 unspecified atom stereocenters. The summed E-state index contributed by atoms with van der Waals surface area (Å²) in [6.45, 7) is 0.224. The molecule has 1 aliphatic rings. The lowest BCUT2D eigenvalue weighted by atomic mass is 10.2. The number of carbonyl (C=O) groups excluding carboxylic acids is 2. The van der Waals surface area contributed by atoms with Gasteiger partial charge in [0.25, 0.3) is 5.91 Å². The fraction of sp³-hybridized carbons (Fsp3) is 0.143. The van der Waals surface area contributed by atoms with Crippen molar-refractivity contribution in [3.05, 3.63) is 70.4 Å². The number of furan rings is 1. The summed E-state index contributed by atoms with van der Waals surface area (Å²) >= 11 is 3.40. The molecular weight excluding hydrogens is 440 g/mol. The molecule has 0 saturated heterocycles. The molecule has 0 saturated carbocycles. The summed E-state index contributed by atoms with van der Waals surface area (Å²) in [6.07, 6.45) is 0. The number of benzene rings is 2. The van der Waals surface area contributed by atoms with Crippen LogP contribution in [0.2, 0.25) is 0 Å². The van der Waals surface area contributed by atoms with Gasteiger partial charge >= 0.3 is 0 Å². The van der Waals surface area contributed by atoms with Crippen molar-refractivity contribution in [3.8, 4) is 22.8 Å². The summed E-state index contributed by atoms with van der Waals surface area (Å²) in [5.74, 6) is 1.77. The minimum absolute atomic E-state index is 0.138. The van der Waals surface area contributed by atoms with E-state index >= 15 is 0 Å². The Bertz CT molecular complexity index is 1050. The molecule has 8 heteroatoms. The van der Waals surface area contributed by atoms with Gasteiger partial charge in [-0.3, -0.25) is 9.59 Å². The van der Waals surface area contributed by atoms with Crippen molar-refractivity contribution in [2.24, 2.45) is 0 Å². The van der Waals surface area contributed by atoms with E-state index in [4.69, 9.17) is 13.9 Å². The average molecular weight is 457 g/mol. The molecule has 1 aliphatic heterocycles. The fourth-order valence-electron chi connectivity index (χ4n) is 2.79. The smallest absolute Gasteiger partial charge is 0.251 e. The lowest BCUT2D eigenvalue weighted by molar-refractivity contribution is -0.120. The van der Waals surface area contributed by atoms with Gasteiger partial charge in [-0.25, -0.2) is 0 Å². The van der Waals surface area contributed by atoms with Gasteiger partial charge in [-0.2, -0.15) is 0 Å². The molecule has 1 aromatic heterocycles. The first kappa shape index (κ1) is 19.1. The van der Waals surface area contributed by atoms with Gasteiger partial charge < -0.3 is 24.5 Å². The second kappa shape index (κ2) is 8.40. The number of rotatable bonds is 6. The molecule has 4 rings (SSSR count). The van der Waals surface area contributed by atoms with Crippen LogP contribution in [-0.4, -0.2) is 25.2 Å². The molecule has 7 nitrogen and oxygen atoms in total. The number of hydrogen-bond acceptors (Lipinski definition) is 5. The SMILES string of the molecule is O=C(CNC(=O)c1ccc2c(c1)OCO2)NCc1ccc(-c2ccc(Br)cc2)o1. The minimum atomic E-state index is -0.367. The van der Waals surface area contributed by atoms with Gasteiger partial charge in [0.05, 0.1) is 13.1 Å². The summed E-state index contributed by atoms with van der Waals surface area (Å²) in [5.41, 5.74) is 1.34. The van der Waals surface area contributed by atoms with E-state index in [9.17, 15) is 9.59 Å². The van der Waals surface area contributed by atoms with Gasteiger partial charge in [0.15, 0.2) is 11.5 Å². The molecule has 3 aromatic rings. The topological polar surface area (TPSA) is 89.8 Å². The third-order valence-electron chi connectivity index (χ3n) is 4.29. The van der Waals surface area contributed by atoms with E-state index < -0.39 is 0 Å². The van der Waals surface area contributed by atoms with Crippen LogP contribution in [0.4, 0.5) is 0 Å². The average Bonchev–Trinajstić information content (AvgIpc) is 3.40. The van der Waals surface area contributed by atoms with Crippen molar-refractivity contribution >= 4 is 27.7 Å². The zero-order valence-corrected chi connectivity index (χ0v) is 16.8. The van der Waals surface area contributed by atoms with Gasteiger partial charge in [0, 0.05) is 15.6 Å². The largest absolute Gasteiger partial charge is 0.459 e. The molecule has 0 spiro atoms. The first-order valence-electron chi connectivity index (χ1n) is 8.88. The Hall–Kier alpha value is -3.26. The molecule has 148 valence electrons. The lowest BCUT2D eigenvalue weighted by Crippen LogP contribution is -2.36. The molecule has 2 N–H and O–H groups in total. The van der Waals surface area contributed by atoms with Crippen molar-refractivity contribution in [1.29, 1.82) is 0 Å². The molecule has 0 aliphatic carbocycles. The van der Waals surface area contributed by atoms with Crippen LogP contribution in [0.5, 0.6) is 11.5 Å². The number of fused-ring (bicyclic) bond motifs is 1. The third-order valence-corrected chi connectivity index (χ3v) is 4.82. The van der Waals surface area contributed by atoms with Crippen LogP contribution in [0, 0.1) is 0 Å². The van der Waals surface area contributed by atoms with Crippen LogP contribution in [0.3, 0.4) is 0 Å². The first-order chi connectivity index (χ1) is 14.1. The van der Waals surface area contributed by atoms with Crippen molar-refractivity contribution in [3.63, 3.8) is 0 Å². The molecule has 0 atom stereocenters. The van der Waals surface area contributed by atoms with E-state index in [1.165, 1.54) is 0 Å². The Kier molecular flexibility index (Phi) is 5.53. The van der Waals surface area contributed by atoms with E-state index in [0.29, 0.717) is 22.8 Å². The van der Waals surface area contributed by atoms with Crippen LogP contribution in [0.15, 0.2) is 63.5 Å². The van der Waals surface area contributed by atoms with Gasteiger partial charge in [-0.05, 0) is 42.5 Å². The number of nitrogens with one attached hydrogen (secondary N) is 2. The predicted molar refractivity (Wildman–Crippen MR) is 109 cm³/mol. The third kappa shape index (κ3) is 4.60. The summed E-state index contributed by atoms with van der Waals surface area (Å²) in [5, 5.41) is 5.30. The summed E-state index contributed by atoms with van der Waals surface area (Å²) in [7, 11) is 0. The second-order valence-electron chi connectivity index (χ2n) is 6.30. The molecule has 2 aromatic carbocycles. The van der Waals surface area contributed by atoms with Crippen LogP contribution < -0.4 is 20.1 Å². The molecule has 0 bridgehead atoms. The predicted octanol–water partition coefficient (Wildman–Crippen LogP) is 3.48. The van der Waals surface area contributed by atoms with Crippen LogP contribution in [0.25, 0.3) is 11.3 Å². The monoisotopic (exact) mass is 456 g/mol. The highest BCUT2D eigenvalue weighted by atomic mass is 79.9. The maximum atomic E-state index is 12.2. The minimum Gasteiger partial charge on any atom is -0.459 e. The Morgan fingerprint density at radius 3 is 2.55 bits per heavy atom. The maximum Gasteiger partial charge on any atom is 0.251 e. The highest BCUT2D eigenvalue weighted by Crippen LogP contribution is 2.32. The summed E-state index contributed by atoms with van der Waals surface area (Å²) < 4.78 is 17.2. The highest BCUT2D eigenvalue weighted by molar-refractivity contribution is 9.10. The van der Waals surface area contributed by atoms with E-state index in [-0.39, 0.29) is 31.7 Å². The Labute approximate surface area is 175 Å². The molecular formula is C21H17BrN2O5. The number of carbonyl (C=O) groups is 2. The van der Waals surface area contributed by atoms with Crippen LogP contribution in [-0.2, 0) is 11.3 Å². The highest BCUT2D eigenvalue weighted by Gasteiger charge is 2.16. The molecule has 0 fully saturated rings. The standard InChI is InChI=1S/C21H17BrN2O5/c22-15-4-1-13(2-5-15)17-8-6-16(29-17)10-23-20(25)11-24-21(26)14-3-7-18-19(9-14)28-12-27-18/h1-9H,10-12H2,(H,23,25)(H,24,26). The zero-order chi connectivity index (χ0) is 20.2. The van der Waals surface area contributed by atoms with Crippen molar-refractivity contribution in [2.75, 3.05) is 13.3 Å². The van der Waals surface area contributed by atoms with Crippen molar-refractivity contribution in [1.82, 2.24) is 10.6 Å². The lowest BCUT2D eigenvalue weighted by Gasteiger charge is -2.07. The second-order valence-corrected chi connectivity index (χ2v) is 7.22.